The number of piperazine rings is 1. The third-order valence-corrected chi connectivity index (χ3v) is 6.62. The second kappa shape index (κ2) is 9.32. The van der Waals surface area contributed by atoms with E-state index in [0.29, 0.717) is 17.5 Å². The van der Waals surface area contributed by atoms with Gasteiger partial charge in [-0.3, -0.25) is 4.79 Å². The lowest BCUT2D eigenvalue weighted by atomic mass is 10.2. The Labute approximate surface area is 193 Å². The highest BCUT2D eigenvalue weighted by Gasteiger charge is 2.25. The van der Waals surface area contributed by atoms with Gasteiger partial charge in [0.1, 0.15) is 17.2 Å². The molecule has 10 nitrogen and oxygen atoms in total. The summed E-state index contributed by atoms with van der Waals surface area (Å²) >= 11 is 0. The van der Waals surface area contributed by atoms with Crippen molar-refractivity contribution in [2.75, 3.05) is 50.1 Å². The topological polar surface area (TPSA) is 117 Å². The van der Waals surface area contributed by atoms with Crippen molar-refractivity contribution in [1.82, 2.24) is 29.7 Å². The van der Waals surface area contributed by atoms with Gasteiger partial charge in [0.05, 0.1) is 18.6 Å². The molecule has 0 spiro atoms. The number of pyridine rings is 1. The summed E-state index contributed by atoms with van der Waals surface area (Å²) < 4.78 is 2.06. The highest BCUT2D eigenvalue weighted by Crippen LogP contribution is 2.34. The zero-order valence-electron chi connectivity index (χ0n) is 19.0. The summed E-state index contributed by atoms with van der Waals surface area (Å²) in [5.41, 5.74) is 8.01. The van der Waals surface area contributed by atoms with Crippen molar-refractivity contribution >= 4 is 34.4 Å². The largest absolute Gasteiger partial charge is 0.368 e. The van der Waals surface area contributed by atoms with Crippen LogP contribution in [0.5, 0.6) is 0 Å². The fraction of sp³-hybridized carbons (Fsp3) is 0.478. The summed E-state index contributed by atoms with van der Waals surface area (Å²) in [5, 5.41) is 6.77. The summed E-state index contributed by atoms with van der Waals surface area (Å²) in [6.45, 7) is 4.21. The normalized spacial score (nSPS) is 17.6. The van der Waals surface area contributed by atoms with Gasteiger partial charge in [-0.2, -0.15) is 4.98 Å². The molecule has 10 heteroatoms. The lowest BCUT2D eigenvalue weighted by Gasteiger charge is -2.33. The molecular weight excluding hydrogens is 418 g/mol. The molecular formula is C23H31N9O. The summed E-state index contributed by atoms with van der Waals surface area (Å²) in [4.78, 5) is 31.1. The number of aromatic nitrogens is 4. The van der Waals surface area contributed by atoms with E-state index < -0.39 is 0 Å². The Hall–Kier alpha value is -3.24. The van der Waals surface area contributed by atoms with Crippen molar-refractivity contribution in [3.8, 4) is 0 Å². The molecule has 0 unspecified atom stereocenters. The standard InChI is InChI=1S/C23H31N9O/c1-30-8-10-31(11-9-30)18-6-7-20(25-14-18)28-23-26-13-16-12-19(22(33)27-15-24)32(21(16)29-23)17-4-2-3-5-17/h6-7,12-14,17H,2-5,8-11,15,24H2,1H3,(H,27,33)(H,25,26,28,29). The predicted molar refractivity (Wildman–Crippen MR) is 129 cm³/mol. The van der Waals surface area contributed by atoms with Crippen LogP contribution in [0.3, 0.4) is 0 Å². The number of hydrogen-bond donors (Lipinski definition) is 3. The van der Waals surface area contributed by atoms with E-state index in [0.717, 1.165) is 68.6 Å². The number of amides is 1. The molecule has 33 heavy (non-hydrogen) atoms. The molecule has 1 aliphatic heterocycles. The van der Waals surface area contributed by atoms with E-state index in [2.05, 4.69) is 48.1 Å². The first-order valence-corrected chi connectivity index (χ1v) is 11.6. The zero-order chi connectivity index (χ0) is 22.8. The molecule has 174 valence electrons. The van der Waals surface area contributed by atoms with Crippen molar-refractivity contribution in [1.29, 1.82) is 0 Å². The maximum Gasteiger partial charge on any atom is 0.268 e. The van der Waals surface area contributed by atoms with Gasteiger partial charge in [0, 0.05) is 43.8 Å². The molecule has 0 bridgehead atoms. The van der Waals surface area contributed by atoms with Gasteiger partial charge in [0.15, 0.2) is 0 Å². The third-order valence-electron chi connectivity index (χ3n) is 6.62. The maximum atomic E-state index is 12.7. The van der Waals surface area contributed by atoms with Crippen molar-refractivity contribution in [2.24, 2.45) is 5.73 Å². The monoisotopic (exact) mass is 449 g/mol. The van der Waals surface area contributed by atoms with Crippen LogP contribution in [-0.2, 0) is 0 Å². The van der Waals surface area contributed by atoms with E-state index in [4.69, 9.17) is 10.7 Å². The molecule has 3 aromatic rings. The third kappa shape index (κ3) is 4.49. The van der Waals surface area contributed by atoms with Gasteiger partial charge in [-0.1, -0.05) is 12.8 Å². The number of carbonyl (C=O) groups excluding carboxylic acids is 1. The number of hydrogen-bond acceptors (Lipinski definition) is 8. The molecule has 0 aromatic carbocycles. The van der Waals surface area contributed by atoms with Crippen LogP contribution in [-0.4, -0.2) is 70.2 Å². The average molecular weight is 450 g/mol. The Kier molecular flexibility index (Phi) is 6.10. The Morgan fingerprint density at radius 2 is 1.91 bits per heavy atom. The Morgan fingerprint density at radius 1 is 1.12 bits per heavy atom. The Balaban J connectivity index is 1.39. The average Bonchev–Trinajstić information content (AvgIpc) is 3.48. The number of anilines is 3. The second-order valence-corrected chi connectivity index (χ2v) is 8.84. The van der Waals surface area contributed by atoms with E-state index in [1.807, 2.05) is 18.3 Å². The fourth-order valence-corrected chi connectivity index (χ4v) is 4.78. The second-order valence-electron chi connectivity index (χ2n) is 8.84. The SMILES string of the molecule is CN1CCN(c2ccc(Nc3ncc4cc(C(=O)NCN)n(C5CCCC5)c4n3)nc2)CC1. The molecule has 4 heterocycles. The molecule has 0 atom stereocenters. The van der Waals surface area contributed by atoms with Gasteiger partial charge in [-0.15, -0.1) is 0 Å². The number of carbonyl (C=O) groups is 1. The molecule has 1 aliphatic carbocycles. The first-order valence-electron chi connectivity index (χ1n) is 11.6. The van der Waals surface area contributed by atoms with Crippen LogP contribution < -0.4 is 21.3 Å². The summed E-state index contributed by atoms with van der Waals surface area (Å²) in [6, 6.07) is 6.14. The van der Waals surface area contributed by atoms with Gasteiger partial charge in [0.2, 0.25) is 5.95 Å². The number of likely N-dealkylation sites (N-methyl/N-ethyl adjacent to an activating group) is 1. The van der Waals surface area contributed by atoms with E-state index in [9.17, 15) is 4.79 Å². The van der Waals surface area contributed by atoms with Crippen molar-refractivity contribution in [3.05, 3.63) is 36.3 Å². The summed E-state index contributed by atoms with van der Waals surface area (Å²) in [6.07, 6.45) is 8.03. The van der Waals surface area contributed by atoms with Crippen LogP contribution in [0.15, 0.2) is 30.6 Å². The van der Waals surface area contributed by atoms with Crippen LogP contribution in [0.25, 0.3) is 11.0 Å². The zero-order valence-corrected chi connectivity index (χ0v) is 19.0. The molecule has 4 N–H and O–H groups in total. The Bertz CT molecular complexity index is 1110. The lowest BCUT2D eigenvalue weighted by molar-refractivity contribution is 0.0944. The first-order chi connectivity index (χ1) is 16.1. The lowest BCUT2D eigenvalue weighted by Crippen LogP contribution is -2.44. The minimum Gasteiger partial charge on any atom is -0.368 e. The highest BCUT2D eigenvalue weighted by molar-refractivity contribution is 5.98. The van der Waals surface area contributed by atoms with Crippen LogP contribution in [0.2, 0.25) is 0 Å². The molecule has 1 saturated carbocycles. The van der Waals surface area contributed by atoms with Gasteiger partial charge >= 0.3 is 0 Å². The van der Waals surface area contributed by atoms with E-state index in [1.165, 1.54) is 0 Å². The molecule has 1 amide bonds. The number of fused-ring (bicyclic) bond motifs is 1. The van der Waals surface area contributed by atoms with Crippen LogP contribution in [0.4, 0.5) is 17.5 Å². The fourth-order valence-electron chi connectivity index (χ4n) is 4.78. The van der Waals surface area contributed by atoms with Crippen molar-refractivity contribution in [2.45, 2.75) is 31.7 Å². The van der Waals surface area contributed by atoms with Gasteiger partial charge in [-0.05, 0) is 38.1 Å². The molecule has 2 aliphatic rings. The predicted octanol–water partition coefficient (Wildman–Crippen LogP) is 2.08. The first kappa shape index (κ1) is 21.6. The smallest absolute Gasteiger partial charge is 0.268 e. The maximum absolute atomic E-state index is 12.7. The van der Waals surface area contributed by atoms with Gasteiger partial charge in [0.25, 0.3) is 5.91 Å². The minimum absolute atomic E-state index is 0.0965. The van der Waals surface area contributed by atoms with Crippen LogP contribution in [0, 0.1) is 0 Å². The van der Waals surface area contributed by atoms with Gasteiger partial charge in [-0.25, -0.2) is 9.97 Å². The molecule has 2 fully saturated rings. The summed E-state index contributed by atoms with van der Waals surface area (Å²) in [5.74, 6) is 0.968. The number of nitrogens with zero attached hydrogens (tertiary/aromatic N) is 6. The van der Waals surface area contributed by atoms with Crippen LogP contribution in [0.1, 0.15) is 42.2 Å². The number of rotatable bonds is 6. The van der Waals surface area contributed by atoms with E-state index in [1.54, 1.807) is 6.20 Å². The van der Waals surface area contributed by atoms with Crippen molar-refractivity contribution < 1.29 is 4.79 Å². The highest BCUT2D eigenvalue weighted by atomic mass is 16.2. The van der Waals surface area contributed by atoms with E-state index in [-0.39, 0.29) is 18.6 Å². The molecule has 1 saturated heterocycles. The molecule has 0 radical (unpaired) electrons. The van der Waals surface area contributed by atoms with Crippen molar-refractivity contribution in [3.63, 3.8) is 0 Å². The Morgan fingerprint density at radius 3 is 2.61 bits per heavy atom. The number of nitrogens with two attached hydrogens (primary N) is 1. The van der Waals surface area contributed by atoms with Gasteiger partial charge < -0.3 is 30.7 Å². The molecule has 5 rings (SSSR count). The van der Waals surface area contributed by atoms with E-state index >= 15 is 0 Å². The minimum atomic E-state index is -0.182. The van der Waals surface area contributed by atoms with Crippen LogP contribution >= 0.6 is 0 Å². The summed E-state index contributed by atoms with van der Waals surface area (Å²) in [7, 11) is 2.15. The number of nitrogens with one attached hydrogen (secondary N) is 2. The molecule has 3 aromatic heterocycles. The quantitative estimate of drug-likeness (QED) is 0.490.